The third-order valence-corrected chi connectivity index (χ3v) is 3.99. The molecule has 2 aliphatic rings. The highest BCUT2D eigenvalue weighted by Gasteiger charge is 2.27. The van der Waals surface area contributed by atoms with Gasteiger partial charge in [-0.25, -0.2) is 0 Å². The van der Waals surface area contributed by atoms with Crippen molar-refractivity contribution >= 4 is 0 Å². The quantitative estimate of drug-likeness (QED) is 0.561. The lowest BCUT2D eigenvalue weighted by Crippen LogP contribution is -2.41. The van der Waals surface area contributed by atoms with Crippen molar-refractivity contribution in [2.45, 2.75) is 31.7 Å². The van der Waals surface area contributed by atoms with Gasteiger partial charge in [-0.2, -0.15) is 0 Å². The summed E-state index contributed by atoms with van der Waals surface area (Å²) in [6.45, 7) is 8.05. The summed E-state index contributed by atoms with van der Waals surface area (Å²) < 4.78 is 0. The summed E-state index contributed by atoms with van der Waals surface area (Å²) in [7, 11) is 0. The number of terminal acetylenes is 1. The lowest BCUT2D eigenvalue weighted by molar-refractivity contribution is 0.162. The van der Waals surface area contributed by atoms with Crippen molar-refractivity contribution in [3.8, 4) is 12.3 Å². The van der Waals surface area contributed by atoms with E-state index in [0.717, 1.165) is 19.1 Å². The molecule has 96 valence electrons. The minimum Gasteiger partial charge on any atom is -0.305 e. The van der Waals surface area contributed by atoms with E-state index in [0.29, 0.717) is 6.54 Å². The van der Waals surface area contributed by atoms with E-state index in [9.17, 15) is 0 Å². The van der Waals surface area contributed by atoms with Gasteiger partial charge in [0.2, 0.25) is 0 Å². The first kappa shape index (κ1) is 12.9. The molecule has 0 amide bonds. The Kier molecular flexibility index (Phi) is 5.31. The number of likely N-dealkylation sites (tertiary alicyclic amines) is 2. The average Bonchev–Trinajstić information content (AvgIpc) is 2.85. The van der Waals surface area contributed by atoms with E-state index in [-0.39, 0.29) is 0 Å². The molecule has 17 heavy (non-hydrogen) atoms. The predicted octanol–water partition coefficient (Wildman–Crippen LogP) is 0.769. The highest BCUT2D eigenvalue weighted by atomic mass is 15.3. The summed E-state index contributed by atoms with van der Waals surface area (Å²) in [4.78, 5) is 5.28. The zero-order chi connectivity index (χ0) is 11.9. The van der Waals surface area contributed by atoms with E-state index in [4.69, 9.17) is 6.42 Å². The van der Waals surface area contributed by atoms with Crippen LogP contribution in [-0.4, -0.2) is 61.7 Å². The summed E-state index contributed by atoms with van der Waals surface area (Å²) >= 11 is 0. The molecule has 0 aromatic rings. The minimum absolute atomic E-state index is 0.698. The SMILES string of the molecule is C#CCNCCN1CCC(N2CCCCC2)C1. The maximum absolute atomic E-state index is 5.21. The highest BCUT2D eigenvalue weighted by molar-refractivity contribution is 4.87. The molecule has 0 radical (unpaired) electrons. The van der Waals surface area contributed by atoms with Gasteiger partial charge in [-0.3, -0.25) is 4.90 Å². The summed E-state index contributed by atoms with van der Waals surface area (Å²) in [6, 6.07) is 0.822. The molecule has 0 aliphatic carbocycles. The van der Waals surface area contributed by atoms with Crippen LogP contribution in [0.4, 0.5) is 0 Å². The molecule has 3 heteroatoms. The Hall–Kier alpha value is -0.560. The van der Waals surface area contributed by atoms with Crippen LogP contribution in [0.2, 0.25) is 0 Å². The Morgan fingerprint density at radius 3 is 2.76 bits per heavy atom. The van der Waals surface area contributed by atoms with Gasteiger partial charge in [0.15, 0.2) is 0 Å². The maximum atomic E-state index is 5.21. The van der Waals surface area contributed by atoms with Gasteiger partial charge in [0.05, 0.1) is 6.54 Å². The van der Waals surface area contributed by atoms with Crippen molar-refractivity contribution < 1.29 is 0 Å². The van der Waals surface area contributed by atoms with Crippen LogP contribution in [0.15, 0.2) is 0 Å². The second kappa shape index (κ2) is 7.00. The summed E-state index contributed by atoms with van der Waals surface area (Å²) in [5.41, 5.74) is 0. The van der Waals surface area contributed by atoms with Gasteiger partial charge >= 0.3 is 0 Å². The zero-order valence-electron chi connectivity index (χ0n) is 10.8. The molecule has 2 fully saturated rings. The minimum atomic E-state index is 0.698. The normalized spacial score (nSPS) is 27.1. The maximum Gasteiger partial charge on any atom is 0.0574 e. The average molecular weight is 235 g/mol. The van der Waals surface area contributed by atoms with Crippen LogP contribution in [0.25, 0.3) is 0 Å². The van der Waals surface area contributed by atoms with Gasteiger partial charge in [0, 0.05) is 25.7 Å². The molecule has 0 aromatic carbocycles. The molecule has 3 nitrogen and oxygen atoms in total. The van der Waals surface area contributed by atoms with Crippen molar-refractivity contribution in [2.24, 2.45) is 0 Å². The molecule has 0 saturated carbocycles. The van der Waals surface area contributed by atoms with Gasteiger partial charge in [0.25, 0.3) is 0 Å². The molecule has 1 unspecified atom stereocenters. The van der Waals surface area contributed by atoms with E-state index >= 15 is 0 Å². The fourth-order valence-electron chi connectivity index (χ4n) is 2.99. The molecule has 0 aromatic heterocycles. The molecule has 0 bridgehead atoms. The summed E-state index contributed by atoms with van der Waals surface area (Å²) in [5, 5.41) is 3.26. The zero-order valence-corrected chi connectivity index (χ0v) is 10.8. The van der Waals surface area contributed by atoms with Gasteiger partial charge in [-0.05, 0) is 38.9 Å². The monoisotopic (exact) mass is 235 g/mol. The molecule has 1 atom stereocenters. The van der Waals surface area contributed by atoms with Gasteiger partial charge in [0.1, 0.15) is 0 Å². The lowest BCUT2D eigenvalue weighted by Gasteiger charge is -2.32. The topological polar surface area (TPSA) is 18.5 Å². The largest absolute Gasteiger partial charge is 0.305 e. The second-order valence-corrected chi connectivity index (χ2v) is 5.22. The molecule has 2 rings (SSSR count). The number of piperidine rings is 1. The van der Waals surface area contributed by atoms with E-state index in [2.05, 4.69) is 21.0 Å². The summed E-state index contributed by atoms with van der Waals surface area (Å²) in [6.07, 6.45) is 10.8. The first-order valence-corrected chi connectivity index (χ1v) is 7.01. The van der Waals surface area contributed by atoms with E-state index < -0.39 is 0 Å². The van der Waals surface area contributed by atoms with Gasteiger partial charge in [-0.15, -0.1) is 6.42 Å². The van der Waals surface area contributed by atoms with Crippen molar-refractivity contribution in [3.63, 3.8) is 0 Å². The molecule has 2 heterocycles. The van der Waals surface area contributed by atoms with Gasteiger partial charge in [-0.1, -0.05) is 12.3 Å². The van der Waals surface area contributed by atoms with Crippen LogP contribution >= 0.6 is 0 Å². The van der Waals surface area contributed by atoms with Gasteiger partial charge < -0.3 is 10.2 Å². The summed E-state index contributed by atoms with van der Waals surface area (Å²) in [5.74, 6) is 2.62. The number of rotatable bonds is 5. The van der Waals surface area contributed by atoms with Crippen molar-refractivity contribution in [1.82, 2.24) is 15.1 Å². The molecule has 2 aliphatic heterocycles. The molecule has 1 N–H and O–H groups in total. The smallest absolute Gasteiger partial charge is 0.0574 e. The second-order valence-electron chi connectivity index (χ2n) is 5.22. The van der Waals surface area contributed by atoms with E-state index in [1.165, 1.54) is 51.9 Å². The first-order valence-electron chi connectivity index (χ1n) is 7.01. The fourth-order valence-corrected chi connectivity index (χ4v) is 2.99. The van der Waals surface area contributed by atoms with Crippen LogP contribution in [-0.2, 0) is 0 Å². The standard InChI is InChI=1S/C14H25N3/c1-2-7-15-8-12-16-11-6-14(13-16)17-9-4-3-5-10-17/h1,14-15H,3-13H2. The third kappa shape index (κ3) is 3.99. The Bertz CT molecular complexity index is 253. The number of nitrogens with zero attached hydrogens (tertiary/aromatic N) is 2. The predicted molar refractivity (Wildman–Crippen MR) is 72.0 cm³/mol. The van der Waals surface area contributed by atoms with Crippen molar-refractivity contribution in [3.05, 3.63) is 0 Å². The van der Waals surface area contributed by atoms with Crippen LogP contribution in [0.1, 0.15) is 25.7 Å². The van der Waals surface area contributed by atoms with Crippen LogP contribution in [0.5, 0.6) is 0 Å². The highest BCUT2D eigenvalue weighted by Crippen LogP contribution is 2.19. The Morgan fingerprint density at radius 2 is 2.00 bits per heavy atom. The molecular formula is C14H25N3. The molecule has 0 spiro atoms. The van der Waals surface area contributed by atoms with E-state index in [1.807, 2.05) is 0 Å². The van der Waals surface area contributed by atoms with Crippen LogP contribution < -0.4 is 5.32 Å². The van der Waals surface area contributed by atoms with Crippen LogP contribution in [0.3, 0.4) is 0 Å². The third-order valence-electron chi connectivity index (χ3n) is 3.99. The van der Waals surface area contributed by atoms with Crippen molar-refractivity contribution in [2.75, 3.05) is 45.8 Å². The lowest BCUT2D eigenvalue weighted by atomic mass is 10.1. The van der Waals surface area contributed by atoms with Crippen molar-refractivity contribution in [1.29, 1.82) is 0 Å². The van der Waals surface area contributed by atoms with E-state index in [1.54, 1.807) is 0 Å². The Labute approximate surface area is 106 Å². The molecule has 2 saturated heterocycles. The fraction of sp³-hybridized carbons (Fsp3) is 0.857. The number of hydrogen-bond donors (Lipinski definition) is 1. The first-order chi connectivity index (χ1) is 8.40. The Morgan fingerprint density at radius 1 is 1.18 bits per heavy atom. The number of hydrogen-bond acceptors (Lipinski definition) is 3. The molecular weight excluding hydrogens is 210 g/mol. The Balaban J connectivity index is 1.63. The van der Waals surface area contributed by atoms with Crippen LogP contribution in [0, 0.1) is 12.3 Å². The number of nitrogens with one attached hydrogen (secondary N) is 1.